The van der Waals surface area contributed by atoms with E-state index in [-0.39, 0.29) is 17.8 Å². The maximum absolute atomic E-state index is 16.7. The second-order valence-corrected chi connectivity index (χ2v) is 18.4. The minimum atomic E-state index is -3.26. The Kier molecular flexibility index (Phi) is 13.4. The van der Waals surface area contributed by atoms with Gasteiger partial charge in [-0.3, -0.25) is 9.36 Å². The van der Waals surface area contributed by atoms with Crippen LogP contribution in [-0.2, 0) is 20.0 Å². The Morgan fingerprint density at radius 1 is 0.657 bits per heavy atom. The molecule has 364 valence electrons. The molecule has 1 aliphatic rings. The fourth-order valence-corrected chi connectivity index (χ4v) is 9.95. The number of aromatic nitrogens is 8. The summed E-state index contributed by atoms with van der Waals surface area (Å²) in [5.41, 5.74) is 16.9. The van der Waals surface area contributed by atoms with E-state index in [1.165, 1.54) is 13.1 Å². The molecule has 5 heterocycles. The van der Waals surface area contributed by atoms with Crippen molar-refractivity contribution in [2.24, 2.45) is 19.8 Å². The molecular formula is C54H64F2N14. The van der Waals surface area contributed by atoms with Crippen LogP contribution in [0, 0.1) is 27.7 Å². The number of alkyl halides is 2. The standard InChI is InChI=1S/C53H59F2N13.CH5N/c1-28(40-22-43-41(23-46(40)56-9)33(6)59-61-51(43)57-31(4)36-16-14-18-38(29(36)2)45-20-21-65(10)63-45)27-53(54,55)50-26-47(68(13)64-50)39-19-15-17-37(30(39)3)32(5)58-52-44-25-49-48(66(11)35(8)67(49)12)24-42(44)34(7)60-62-52;1-2/h14-26,28,31-32,56H,8,27H2,1-7,9-13H3,(H,57,61)(H,58,62);2H2,1H3. The third kappa shape index (κ3) is 8.76. The summed E-state index contributed by atoms with van der Waals surface area (Å²) >= 11 is 0. The van der Waals surface area contributed by atoms with Crippen molar-refractivity contribution in [2.75, 3.05) is 53.9 Å². The van der Waals surface area contributed by atoms with Crippen LogP contribution < -0.4 is 31.5 Å². The van der Waals surface area contributed by atoms with Crippen LogP contribution >= 0.6 is 0 Å². The van der Waals surface area contributed by atoms with Gasteiger partial charge in [0.15, 0.2) is 11.6 Å². The molecule has 70 heavy (non-hydrogen) atoms. The Morgan fingerprint density at radius 3 is 1.74 bits per heavy atom. The molecule has 4 aromatic heterocycles. The number of anilines is 5. The molecule has 8 aromatic rings. The van der Waals surface area contributed by atoms with Gasteiger partial charge in [-0.1, -0.05) is 49.9 Å². The smallest absolute Gasteiger partial charge is 0.292 e. The molecule has 0 saturated carbocycles. The van der Waals surface area contributed by atoms with E-state index >= 15 is 8.78 Å². The van der Waals surface area contributed by atoms with Crippen LogP contribution in [0.3, 0.4) is 0 Å². The molecule has 4 aromatic carbocycles. The number of hydrogen-bond donors (Lipinski definition) is 4. The van der Waals surface area contributed by atoms with Crippen LogP contribution in [0.15, 0.2) is 91.4 Å². The number of fused-ring (bicyclic) bond motifs is 3. The van der Waals surface area contributed by atoms with Crippen molar-refractivity contribution in [1.29, 1.82) is 0 Å². The molecule has 16 heteroatoms. The Hall–Kier alpha value is -7.46. The second kappa shape index (κ2) is 19.1. The van der Waals surface area contributed by atoms with Gasteiger partial charge in [0, 0.05) is 86.2 Å². The van der Waals surface area contributed by atoms with E-state index < -0.39 is 18.3 Å². The highest BCUT2D eigenvalue weighted by molar-refractivity contribution is 6.02. The van der Waals surface area contributed by atoms with E-state index in [9.17, 15) is 0 Å². The van der Waals surface area contributed by atoms with Gasteiger partial charge < -0.3 is 31.5 Å². The van der Waals surface area contributed by atoms with Crippen molar-refractivity contribution < 1.29 is 8.78 Å². The molecule has 5 N–H and O–H groups in total. The fraction of sp³-hybridized carbons (Fsp3) is 0.333. The zero-order chi connectivity index (χ0) is 50.5. The van der Waals surface area contributed by atoms with E-state index in [4.69, 9.17) is 0 Å². The minimum Gasteiger partial charge on any atom is -0.388 e. The highest BCUT2D eigenvalue weighted by atomic mass is 19.3. The normalized spacial score (nSPS) is 13.9. The van der Waals surface area contributed by atoms with Gasteiger partial charge in [0.1, 0.15) is 11.5 Å². The average Bonchev–Trinajstić information content (AvgIpc) is 4.02. The van der Waals surface area contributed by atoms with E-state index in [2.05, 4.69) is 120 Å². The van der Waals surface area contributed by atoms with Crippen molar-refractivity contribution in [3.63, 3.8) is 0 Å². The highest BCUT2D eigenvalue weighted by Gasteiger charge is 2.38. The van der Waals surface area contributed by atoms with Gasteiger partial charge in [0.25, 0.3) is 5.92 Å². The Labute approximate surface area is 409 Å². The number of nitrogens with two attached hydrogens (primary N) is 1. The predicted molar refractivity (Wildman–Crippen MR) is 282 cm³/mol. The summed E-state index contributed by atoms with van der Waals surface area (Å²) in [4.78, 5) is 4.14. The average molecular weight is 947 g/mol. The van der Waals surface area contributed by atoms with Crippen molar-refractivity contribution >= 4 is 50.2 Å². The zero-order valence-electron chi connectivity index (χ0n) is 42.5. The SMILES string of the molecule is C=C1N(C)c2cc3c(C)nnc(NC(C)c4cccc(-c5cc(C(F)(F)CC(C)c6cc7c(NC(C)c8cccc(-c9ccn(C)n9)c8C)nnc(C)c7cc6NC)nn5C)c4C)c3cc2N1C.CN. The molecular weight excluding hydrogens is 883 g/mol. The van der Waals surface area contributed by atoms with Crippen LogP contribution in [0.25, 0.3) is 44.1 Å². The molecule has 9 rings (SSSR count). The summed E-state index contributed by atoms with van der Waals surface area (Å²) in [7, 11) is 11.0. The first-order valence-electron chi connectivity index (χ1n) is 23.5. The lowest BCUT2D eigenvalue weighted by molar-refractivity contribution is -0.0236. The van der Waals surface area contributed by atoms with Gasteiger partial charge in [-0.15, -0.1) is 10.2 Å². The number of nitrogens with one attached hydrogen (secondary N) is 3. The van der Waals surface area contributed by atoms with Crippen LogP contribution in [0.1, 0.15) is 90.1 Å². The Morgan fingerprint density at radius 2 is 1.19 bits per heavy atom. The van der Waals surface area contributed by atoms with Gasteiger partial charge in [-0.05, 0) is 119 Å². The van der Waals surface area contributed by atoms with Crippen molar-refractivity contribution in [1.82, 2.24) is 40.0 Å². The predicted octanol–water partition coefficient (Wildman–Crippen LogP) is 11.2. The molecule has 0 spiro atoms. The van der Waals surface area contributed by atoms with Crippen LogP contribution in [0.5, 0.6) is 0 Å². The molecule has 1 aliphatic heterocycles. The first-order chi connectivity index (χ1) is 33.4. The van der Waals surface area contributed by atoms with E-state index in [1.807, 2.05) is 98.5 Å². The van der Waals surface area contributed by atoms with Gasteiger partial charge in [-0.25, -0.2) is 0 Å². The van der Waals surface area contributed by atoms with Crippen molar-refractivity contribution in [3.8, 4) is 22.5 Å². The topological polar surface area (TPSA) is 156 Å². The number of hydrogen-bond acceptors (Lipinski definition) is 12. The van der Waals surface area contributed by atoms with Gasteiger partial charge in [-0.2, -0.15) is 29.2 Å². The maximum Gasteiger partial charge on any atom is 0.292 e. The lowest BCUT2D eigenvalue weighted by atomic mass is 9.89. The zero-order valence-corrected chi connectivity index (χ0v) is 42.5. The molecule has 14 nitrogen and oxygen atoms in total. The molecule has 0 fully saturated rings. The lowest BCUT2D eigenvalue weighted by Crippen LogP contribution is -2.20. The molecule has 0 amide bonds. The summed E-state index contributed by atoms with van der Waals surface area (Å²) in [6.07, 6.45) is 1.47. The minimum absolute atomic E-state index is 0.148. The molecule has 0 bridgehead atoms. The highest BCUT2D eigenvalue weighted by Crippen LogP contribution is 2.45. The molecule has 3 unspecified atom stereocenters. The van der Waals surface area contributed by atoms with Crippen LogP contribution in [-0.4, -0.2) is 68.1 Å². The largest absolute Gasteiger partial charge is 0.388 e. The first-order valence-corrected chi connectivity index (χ1v) is 23.5. The molecule has 0 aliphatic carbocycles. The summed E-state index contributed by atoms with van der Waals surface area (Å²) in [5.74, 6) is -1.70. The number of halogens is 2. The van der Waals surface area contributed by atoms with E-state index in [1.54, 1.807) is 16.4 Å². The van der Waals surface area contributed by atoms with Crippen LogP contribution in [0.4, 0.5) is 37.5 Å². The van der Waals surface area contributed by atoms with Gasteiger partial charge in [0.05, 0.1) is 46.2 Å². The van der Waals surface area contributed by atoms with Crippen LogP contribution in [0.2, 0.25) is 0 Å². The molecule has 0 saturated heterocycles. The summed E-state index contributed by atoms with van der Waals surface area (Å²) in [6.45, 7) is 18.2. The van der Waals surface area contributed by atoms with E-state index in [0.29, 0.717) is 17.3 Å². The van der Waals surface area contributed by atoms with Gasteiger partial charge >= 0.3 is 0 Å². The quantitative estimate of drug-likeness (QED) is 0.0869. The van der Waals surface area contributed by atoms with Gasteiger partial charge in [0.2, 0.25) is 0 Å². The maximum atomic E-state index is 16.7. The Balaban J connectivity index is 0.00000325. The Bertz CT molecular complexity index is 3280. The molecule has 0 radical (unpaired) electrons. The molecule has 3 atom stereocenters. The number of aryl methyl sites for hydroxylation is 4. The fourth-order valence-electron chi connectivity index (χ4n) is 9.95. The first kappa shape index (κ1) is 49.0. The monoisotopic (exact) mass is 947 g/mol. The number of nitrogens with zero attached hydrogens (tertiary/aromatic N) is 10. The number of rotatable bonds is 13. The lowest BCUT2D eigenvalue weighted by Gasteiger charge is -2.23. The summed E-state index contributed by atoms with van der Waals surface area (Å²) in [6, 6.07) is 23.6. The summed E-state index contributed by atoms with van der Waals surface area (Å²) in [5, 5.41) is 41.5. The summed E-state index contributed by atoms with van der Waals surface area (Å²) < 4.78 is 36.8. The third-order valence-electron chi connectivity index (χ3n) is 14.0. The second-order valence-electron chi connectivity index (χ2n) is 18.4. The van der Waals surface area contributed by atoms with E-state index in [0.717, 1.165) is 100 Å². The van der Waals surface area contributed by atoms with Crippen molar-refractivity contribution in [3.05, 3.63) is 136 Å². The third-order valence-corrected chi connectivity index (χ3v) is 14.0. The number of benzene rings is 4. The van der Waals surface area contributed by atoms with Crippen molar-refractivity contribution in [2.45, 2.75) is 78.8 Å².